The van der Waals surface area contributed by atoms with Crippen LogP contribution in [0, 0.1) is 0 Å². The van der Waals surface area contributed by atoms with Crippen molar-refractivity contribution in [3.8, 4) is 11.1 Å². The number of benzene rings is 2. The molecule has 3 aromatic rings. The van der Waals surface area contributed by atoms with Crippen LogP contribution in [0.3, 0.4) is 0 Å². The summed E-state index contributed by atoms with van der Waals surface area (Å²) in [6, 6.07) is 16.2. The molecule has 1 fully saturated rings. The smallest absolute Gasteiger partial charge is 0.407 e. The molecule has 0 aliphatic heterocycles. The Morgan fingerprint density at radius 1 is 0.971 bits per heavy atom. The molecule has 0 spiro atoms. The molecule has 0 bridgehead atoms. The molecule has 9 heteroatoms. The zero-order chi connectivity index (χ0) is 23.7. The van der Waals surface area contributed by atoms with Crippen molar-refractivity contribution in [1.82, 2.24) is 20.6 Å². The maximum atomic E-state index is 12.3. The first-order valence-corrected chi connectivity index (χ1v) is 10.9. The van der Waals surface area contributed by atoms with Crippen LogP contribution in [0.15, 0.2) is 60.9 Å². The van der Waals surface area contributed by atoms with Gasteiger partial charge in [0.1, 0.15) is 18.0 Å². The van der Waals surface area contributed by atoms with E-state index in [0.717, 1.165) is 22.3 Å². The van der Waals surface area contributed by atoms with Gasteiger partial charge in [0.15, 0.2) is 0 Å². The number of carboxylic acid groups (broad SMARTS) is 1. The number of rotatable bonds is 7. The molecule has 9 nitrogen and oxygen atoms in total. The van der Waals surface area contributed by atoms with Gasteiger partial charge in [0.05, 0.1) is 12.1 Å². The van der Waals surface area contributed by atoms with E-state index in [4.69, 9.17) is 4.74 Å². The summed E-state index contributed by atoms with van der Waals surface area (Å²) in [5.74, 6) is -1.33. The van der Waals surface area contributed by atoms with Gasteiger partial charge in [0, 0.05) is 18.3 Å². The zero-order valence-corrected chi connectivity index (χ0v) is 18.2. The van der Waals surface area contributed by atoms with Crippen molar-refractivity contribution >= 4 is 18.0 Å². The number of carbonyl (C=O) groups excluding carboxylic acids is 2. The Morgan fingerprint density at radius 3 is 2.12 bits per heavy atom. The number of ether oxygens (including phenoxy) is 1. The molecule has 0 unspecified atom stereocenters. The number of hydrogen-bond acceptors (Lipinski definition) is 6. The van der Waals surface area contributed by atoms with E-state index >= 15 is 0 Å². The Morgan fingerprint density at radius 2 is 1.56 bits per heavy atom. The number of carbonyl (C=O) groups is 3. The van der Waals surface area contributed by atoms with E-state index in [0.29, 0.717) is 18.7 Å². The van der Waals surface area contributed by atoms with Gasteiger partial charge in [-0.2, -0.15) is 0 Å². The van der Waals surface area contributed by atoms with E-state index in [-0.39, 0.29) is 24.6 Å². The number of nitrogens with zero attached hydrogens (tertiary/aromatic N) is 2. The normalized spacial score (nSPS) is 15.1. The van der Waals surface area contributed by atoms with Crippen molar-refractivity contribution in [2.75, 3.05) is 6.61 Å². The lowest BCUT2D eigenvalue weighted by molar-refractivity contribution is -0.140. The van der Waals surface area contributed by atoms with Gasteiger partial charge in [-0.25, -0.2) is 19.6 Å². The minimum Gasteiger partial charge on any atom is -0.480 e. The second-order valence-corrected chi connectivity index (χ2v) is 8.41. The predicted octanol–water partition coefficient (Wildman–Crippen LogP) is 2.86. The molecule has 1 heterocycles. The number of hydrogen-bond donors (Lipinski definition) is 3. The summed E-state index contributed by atoms with van der Waals surface area (Å²) in [7, 11) is 0. The highest BCUT2D eigenvalue weighted by molar-refractivity contribution is 5.98. The van der Waals surface area contributed by atoms with Crippen molar-refractivity contribution in [2.45, 2.75) is 30.8 Å². The third-order valence-electron chi connectivity index (χ3n) is 6.21. The summed E-state index contributed by atoms with van der Waals surface area (Å²) in [5, 5.41) is 14.3. The van der Waals surface area contributed by atoms with Crippen LogP contribution in [-0.4, -0.2) is 45.2 Å². The fourth-order valence-electron chi connectivity index (χ4n) is 4.17. The van der Waals surface area contributed by atoms with Crippen LogP contribution in [0.1, 0.15) is 46.1 Å². The van der Waals surface area contributed by atoms with Gasteiger partial charge in [-0.1, -0.05) is 48.5 Å². The van der Waals surface area contributed by atoms with E-state index in [1.165, 1.54) is 12.4 Å². The highest BCUT2D eigenvalue weighted by Crippen LogP contribution is 2.44. The van der Waals surface area contributed by atoms with Gasteiger partial charge in [0.2, 0.25) is 0 Å². The number of amides is 2. The number of aliphatic carboxylic acids is 1. The Labute approximate surface area is 195 Å². The number of nitrogens with one attached hydrogen (secondary N) is 2. The number of aromatic nitrogens is 2. The van der Waals surface area contributed by atoms with Gasteiger partial charge in [-0.3, -0.25) is 4.79 Å². The molecule has 0 radical (unpaired) electrons. The van der Waals surface area contributed by atoms with Gasteiger partial charge in [-0.05, 0) is 35.1 Å². The standard InChI is InChI=1S/C25H22N4O5/c30-22(29-25(9-10-25)23(31)32)15-11-26-21(27-12-15)13-28-24(33)34-14-20-18-7-3-1-5-16(18)17-6-2-4-8-19(17)20/h1-8,11-12,20H,9-10,13-14H2,(H,28,33)(H,29,30)(H,31,32). The summed E-state index contributed by atoms with van der Waals surface area (Å²) >= 11 is 0. The summed E-state index contributed by atoms with van der Waals surface area (Å²) in [6.07, 6.45) is 2.81. The fourth-order valence-corrected chi connectivity index (χ4v) is 4.17. The third-order valence-corrected chi connectivity index (χ3v) is 6.21. The molecule has 2 aromatic carbocycles. The molecule has 3 N–H and O–H groups in total. The fraction of sp³-hybridized carbons (Fsp3) is 0.240. The Hall–Kier alpha value is -4.27. The van der Waals surface area contributed by atoms with Crippen LogP contribution in [0.2, 0.25) is 0 Å². The largest absolute Gasteiger partial charge is 0.480 e. The number of alkyl carbamates (subject to hydrolysis) is 1. The lowest BCUT2D eigenvalue weighted by atomic mass is 9.98. The van der Waals surface area contributed by atoms with Crippen LogP contribution in [0.25, 0.3) is 11.1 Å². The van der Waals surface area contributed by atoms with Crippen molar-refractivity contribution in [3.05, 3.63) is 83.4 Å². The second kappa shape index (κ2) is 8.58. The van der Waals surface area contributed by atoms with E-state index < -0.39 is 23.5 Å². The molecule has 34 heavy (non-hydrogen) atoms. The molecule has 0 atom stereocenters. The molecule has 0 saturated heterocycles. The average molecular weight is 458 g/mol. The lowest BCUT2D eigenvalue weighted by Gasteiger charge is -2.14. The number of carboxylic acids is 1. The Kier molecular flexibility index (Phi) is 5.45. The molecule has 5 rings (SSSR count). The van der Waals surface area contributed by atoms with Crippen LogP contribution in [-0.2, 0) is 16.1 Å². The van der Waals surface area contributed by atoms with E-state index in [1.54, 1.807) is 0 Å². The van der Waals surface area contributed by atoms with Gasteiger partial charge >= 0.3 is 12.1 Å². The van der Waals surface area contributed by atoms with Crippen LogP contribution < -0.4 is 10.6 Å². The zero-order valence-electron chi connectivity index (χ0n) is 18.2. The first-order valence-electron chi connectivity index (χ1n) is 10.9. The summed E-state index contributed by atoms with van der Waals surface area (Å²) in [4.78, 5) is 43.9. The first kappa shape index (κ1) is 21.6. The quantitative estimate of drug-likeness (QED) is 0.496. The molecular formula is C25H22N4O5. The van der Waals surface area contributed by atoms with Crippen molar-refractivity contribution in [2.24, 2.45) is 0 Å². The maximum Gasteiger partial charge on any atom is 0.407 e. The number of fused-ring (bicyclic) bond motifs is 3. The SMILES string of the molecule is O=C(NCc1ncc(C(=O)NC2(C(=O)O)CC2)cn1)OCC1c2ccccc2-c2ccccc21. The summed E-state index contributed by atoms with van der Waals surface area (Å²) in [6.45, 7) is 0.225. The molecule has 172 valence electrons. The minimum atomic E-state index is -1.18. The maximum absolute atomic E-state index is 12.3. The van der Waals surface area contributed by atoms with Crippen LogP contribution in [0.4, 0.5) is 4.79 Å². The van der Waals surface area contributed by atoms with Crippen molar-refractivity contribution in [1.29, 1.82) is 0 Å². The molecule has 1 saturated carbocycles. The molecule has 2 aliphatic rings. The molecule has 2 amide bonds. The molecule has 2 aliphatic carbocycles. The second-order valence-electron chi connectivity index (χ2n) is 8.41. The first-order chi connectivity index (χ1) is 16.5. The topological polar surface area (TPSA) is 131 Å². The average Bonchev–Trinajstić information content (AvgIpc) is 3.57. The highest BCUT2D eigenvalue weighted by atomic mass is 16.5. The lowest BCUT2D eigenvalue weighted by Crippen LogP contribution is -2.43. The van der Waals surface area contributed by atoms with Crippen LogP contribution in [0.5, 0.6) is 0 Å². The summed E-state index contributed by atoms with van der Waals surface area (Å²) in [5.41, 5.74) is 3.54. The van der Waals surface area contributed by atoms with Gasteiger partial charge in [0.25, 0.3) is 5.91 Å². The Balaban J connectivity index is 1.15. The Bertz CT molecular complexity index is 1220. The van der Waals surface area contributed by atoms with Crippen molar-refractivity contribution in [3.63, 3.8) is 0 Å². The molecular weight excluding hydrogens is 436 g/mol. The van der Waals surface area contributed by atoms with E-state index in [2.05, 4.69) is 32.7 Å². The highest BCUT2D eigenvalue weighted by Gasteiger charge is 2.51. The van der Waals surface area contributed by atoms with Gasteiger partial charge in [-0.15, -0.1) is 0 Å². The predicted molar refractivity (Wildman–Crippen MR) is 121 cm³/mol. The summed E-state index contributed by atoms with van der Waals surface area (Å²) < 4.78 is 5.48. The van der Waals surface area contributed by atoms with Crippen molar-refractivity contribution < 1.29 is 24.2 Å². The monoisotopic (exact) mass is 458 g/mol. The van der Waals surface area contributed by atoms with Gasteiger partial charge < -0.3 is 20.5 Å². The molecule has 1 aromatic heterocycles. The van der Waals surface area contributed by atoms with E-state index in [9.17, 15) is 19.5 Å². The van der Waals surface area contributed by atoms with E-state index in [1.807, 2.05) is 36.4 Å². The third kappa shape index (κ3) is 4.07. The minimum absolute atomic E-state index is 0.0254. The van der Waals surface area contributed by atoms with Crippen LogP contribution >= 0.6 is 0 Å².